The number of hydrogen-bond donors (Lipinski definition) is 1. The number of rotatable bonds is 2. The molecule has 0 spiro atoms. The van der Waals surface area contributed by atoms with E-state index in [0.29, 0.717) is 22.1 Å². The van der Waals surface area contributed by atoms with Gasteiger partial charge >= 0.3 is 5.97 Å². The molecule has 2 aromatic carbocycles. The van der Waals surface area contributed by atoms with Gasteiger partial charge in [-0.05, 0) is 47.4 Å². The number of nitrogens with one attached hydrogen (secondary N) is 1. The molecular formula is C17H15NO4. The van der Waals surface area contributed by atoms with Gasteiger partial charge in [0.15, 0.2) is 0 Å². The van der Waals surface area contributed by atoms with E-state index in [9.17, 15) is 14.4 Å². The molecule has 1 aliphatic rings. The SMILES string of the molecule is CCc1c(C)c2c(c3cc(C(=O)OC)ccc13)C(=O)NC2=O. The number of carbonyl (C=O) groups is 3. The molecule has 5 nitrogen and oxygen atoms in total. The number of fused-ring (bicyclic) bond motifs is 3. The lowest BCUT2D eigenvalue weighted by Gasteiger charge is -2.13. The first-order chi connectivity index (χ1) is 10.5. The van der Waals surface area contributed by atoms with Crippen LogP contribution in [0.25, 0.3) is 10.8 Å². The Balaban J connectivity index is 2.45. The van der Waals surface area contributed by atoms with Crippen LogP contribution in [0.1, 0.15) is 49.1 Å². The molecular weight excluding hydrogens is 282 g/mol. The number of amides is 2. The third-order valence-electron chi connectivity index (χ3n) is 4.15. The standard InChI is InChI=1S/C17H15NO4/c1-4-10-8(2)13-14(16(20)18-15(13)19)12-7-9(17(21)22-3)5-6-11(10)12/h5-7H,4H2,1-3H3,(H,18,19,20). The Kier molecular flexibility index (Phi) is 3.20. The molecule has 1 aliphatic heterocycles. The fourth-order valence-electron chi connectivity index (χ4n) is 3.14. The molecule has 0 atom stereocenters. The second kappa shape index (κ2) is 4.94. The van der Waals surface area contributed by atoms with E-state index in [1.165, 1.54) is 7.11 Å². The third kappa shape index (κ3) is 1.82. The minimum absolute atomic E-state index is 0.348. The van der Waals surface area contributed by atoms with E-state index in [0.717, 1.165) is 22.9 Å². The molecule has 0 saturated carbocycles. The highest BCUT2D eigenvalue weighted by Gasteiger charge is 2.32. The fraction of sp³-hybridized carbons (Fsp3) is 0.235. The quantitative estimate of drug-likeness (QED) is 0.682. The summed E-state index contributed by atoms with van der Waals surface area (Å²) in [5, 5.41) is 3.84. The van der Waals surface area contributed by atoms with Crippen molar-refractivity contribution in [2.24, 2.45) is 0 Å². The Morgan fingerprint density at radius 2 is 1.82 bits per heavy atom. The number of esters is 1. The molecule has 0 aromatic heterocycles. The Bertz CT molecular complexity index is 852. The fourth-order valence-corrected chi connectivity index (χ4v) is 3.14. The van der Waals surface area contributed by atoms with Crippen LogP contribution in [0.2, 0.25) is 0 Å². The highest BCUT2D eigenvalue weighted by atomic mass is 16.5. The van der Waals surface area contributed by atoms with Gasteiger partial charge in [0.05, 0.1) is 23.8 Å². The molecule has 5 heteroatoms. The summed E-state index contributed by atoms with van der Waals surface area (Å²) in [5.41, 5.74) is 2.95. The van der Waals surface area contributed by atoms with Crippen LogP contribution in [-0.2, 0) is 11.2 Å². The normalized spacial score (nSPS) is 13.2. The third-order valence-corrected chi connectivity index (χ3v) is 4.15. The first-order valence-corrected chi connectivity index (χ1v) is 7.02. The van der Waals surface area contributed by atoms with E-state index in [4.69, 9.17) is 4.74 Å². The number of methoxy groups -OCH3 is 1. The zero-order valence-corrected chi connectivity index (χ0v) is 12.6. The van der Waals surface area contributed by atoms with Crippen molar-refractivity contribution in [2.45, 2.75) is 20.3 Å². The zero-order valence-electron chi connectivity index (χ0n) is 12.6. The maximum absolute atomic E-state index is 12.1. The predicted molar refractivity (Wildman–Crippen MR) is 81.2 cm³/mol. The maximum atomic E-state index is 12.1. The van der Waals surface area contributed by atoms with Gasteiger partial charge in [0, 0.05) is 0 Å². The van der Waals surface area contributed by atoms with Crippen LogP contribution < -0.4 is 5.32 Å². The number of ether oxygens (including phenoxy) is 1. The second-order valence-electron chi connectivity index (χ2n) is 5.24. The van der Waals surface area contributed by atoms with Gasteiger partial charge in [0.25, 0.3) is 11.8 Å². The number of imide groups is 1. The van der Waals surface area contributed by atoms with Crippen LogP contribution in [0.4, 0.5) is 0 Å². The first-order valence-electron chi connectivity index (χ1n) is 7.02. The lowest BCUT2D eigenvalue weighted by molar-refractivity contribution is 0.0600. The van der Waals surface area contributed by atoms with Gasteiger partial charge in [-0.1, -0.05) is 13.0 Å². The Morgan fingerprint density at radius 3 is 2.45 bits per heavy atom. The van der Waals surface area contributed by atoms with Gasteiger partial charge in [-0.3, -0.25) is 14.9 Å². The van der Waals surface area contributed by atoms with E-state index >= 15 is 0 Å². The zero-order chi connectivity index (χ0) is 16.0. The van der Waals surface area contributed by atoms with Gasteiger partial charge in [-0.25, -0.2) is 4.79 Å². The highest BCUT2D eigenvalue weighted by molar-refractivity contribution is 6.28. The van der Waals surface area contributed by atoms with Gasteiger partial charge in [0.2, 0.25) is 0 Å². The second-order valence-corrected chi connectivity index (χ2v) is 5.24. The average Bonchev–Trinajstić information content (AvgIpc) is 2.82. The van der Waals surface area contributed by atoms with E-state index in [1.54, 1.807) is 12.1 Å². The molecule has 0 aliphatic carbocycles. The lowest BCUT2D eigenvalue weighted by atomic mass is 9.88. The summed E-state index contributed by atoms with van der Waals surface area (Å²) >= 11 is 0. The van der Waals surface area contributed by atoms with Gasteiger partial charge in [0.1, 0.15) is 0 Å². The smallest absolute Gasteiger partial charge is 0.337 e. The number of aryl methyl sites for hydroxylation is 1. The molecule has 0 radical (unpaired) electrons. The number of carbonyl (C=O) groups excluding carboxylic acids is 3. The van der Waals surface area contributed by atoms with Gasteiger partial charge in [-0.15, -0.1) is 0 Å². The van der Waals surface area contributed by atoms with E-state index in [2.05, 4.69) is 5.32 Å². The van der Waals surface area contributed by atoms with Crippen molar-refractivity contribution in [3.05, 3.63) is 46.0 Å². The van der Waals surface area contributed by atoms with Gasteiger partial charge in [-0.2, -0.15) is 0 Å². The van der Waals surface area contributed by atoms with Crippen molar-refractivity contribution >= 4 is 28.6 Å². The summed E-state index contributed by atoms with van der Waals surface area (Å²) in [7, 11) is 1.31. The summed E-state index contributed by atoms with van der Waals surface area (Å²) in [6, 6.07) is 5.11. The van der Waals surface area contributed by atoms with Crippen LogP contribution in [0, 0.1) is 6.92 Å². The van der Waals surface area contributed by atoms with Crippen LogP contribution in [0.5, 0.6) is 0 Å². The van der Waals surface area contributed by atoms with Crippen LogP contribution in [0.3, 0.4) is 0 Å². The molecule has 22 heavy (non-hydrogen) atoms. The van der Waals surface area contributed by atoms with Gasteiger partial charge < -0.3 is 4.74 Å². The highest BCUT2D eigenvalue weighted by Crippen LogP contribution is 2.34. The lowest BCUT2D eigenvalue weighted by Crippen LogP contribution is -2.20. The van der Waals surface area contributed by atoms with Crippen LogP contribution in [-0.4, -0.2) is 24.9 Å². The molecule has 1 heterocycles. The Morgan fingerprint density at radius 1 is 1.14 bits per heavy atom. The van der Waals surface area contributed by atoms with Crippen molar-refractivity contribution in [1.82, 2.24) is 5.32 Å². The molecule has 2 amide bonds. The Labute approximate surface area is 127 Å². The van der Waals surface area contributed by atoms with Crippen molar-refractivity contribution in [3.63, 3.8) is 0 Å². The minimum atomic E-state index is -0.473. The minimum Gasteiger partial charge on any atom is -0.465 e. The molecule has 112 valence electrons. The van der Waals surface area contributed by atoms with E-state index < -0.39 is 11.9 Å². The maximum Gasteiger partial charge on any atom is 0.337 e. The van der Waals surface area contributed by atoms with Crippen molar-refractivity contribution in [3.8, 4) is 0 Å². The van der Waals surface area contributed by atoms with Crippen molar-refractivity contribution < 1.29 is 19.1 Å². The predicted octanol–water partition coefficient (Wildman–Crippen LogP) is 2.38. The van der Waals surface area contributed by atoms with Crippen molar-refractivity contribution in [1.29, 1.82) is 0 Å². The Hall–Kier alpha value is -2.69. The summed E-state index contributed by atoms with van der Waals surface area (Å²) in [6.45, 7) is 3.85. The molecule has 0 unspecified atom stereocenters. The van der Waals surface area contributed by atoms with Crippen molar-refractivity contribution in [2.75, 3.05) is 7.11 Å². The van der Waals surface area contributed by atoms with E-state index in [1.807, 2.05) is 19.9 Å². The average molecular weight is 297 g/mol. The number of benzene rings is 2. The van der Waals surface area contributed by atoms with E-state index in [-0.39, 0.29) is 5.91 Å². The summed E-state index contributed by atoms with van der Waals surface area (Å²) in [4.78, 5) is 35.9. The largest absolute Gasteiger partial charge is 0.465 e. The monoisotopic (exact) mass is 297 g/mol. The first kappa shape index (κ1) is 14.3. The molecule has 0 fully saturated rings. The summed E-state index contributed by atoms with van der Waals surface area (Å²) in [6.07, 6.45) is 0.731. The summed E-state index contributed by atoms with van der Waals surface area (Å²) < 4.78 is 4.73. The molecule has 0 bridgehead atoms. The molecule has 1 N–H and O–H groups in total. The summed E-state index contributed by atoms with van der Waals surface area (Å²) in [5.74, 6) is -1.27. The van der Waals surface area contributed by atoms with Crippen LogP contribution in [0.15, 0.2) is 18.2 Å². The topological polar surface area (TPSA) is 72.5 Å². The van der Waals surface area contributed by atoms with Crippen LogP contribution >= 0.6 is 0 Å². The molecule has 3 rings (SSSR count). The molecule has 2 aromatic rings. The number of hydrogen-bond acceptors (Lipinski definition) is 4. The molecule has 0 saturated heterocycles.